The summed E-state index contributed by atoms with van der Waals surface area (Å²) in [6.45, 7) is 1.16. The smallest absolute Gasteiger partial charge is 0.0705 e. The highest BCUT2D eigenvalue weighted by atomic mass is 15.0. The van der Waals surface area contributed by atoms with Gasteiger partial charge in [-0.3, -0.25) is 4.98 Å². The third kappa shape index (κ3) is 2.03. The van der Waals surface area contributed by atoms with E-state index >= 15 is 0 Å². The number of fused-ring (bicyclic) bond motifs is 1. The number of hydrogen-bond donors (Lipinski definition) is 1. The minimum absolute atomic E-state index is 0.224. The predicted molar refractivity (Wildman–Crippen MR) is 82.6 cm³/mol. The second-order valence-electron chi connectivity index (χ2n) is 6.39. The fourth-order valence-corrected chi connectivity index (χ4v) is 3.86. The Balaban J connectivity index is 1.80. The lowest BCUT2D eigenvalue weighted by Crippen LogP contribution is -2.43. The van der Waals surface area contributed by atoms with Crippen molar-refractivity contribution in [1.29, 1.82) is 0 Å². The van der Waals surface area contributed by atoms with Gasteiger partial charge in [-0.05, 0) is 55.8 Å². The van der Waals surface area contributed by atoms with Crippen molar-refractivity contribution in [2.24, 2.45) is 5.92 Å². The number of pyridine rings is 1. The van der Waals surface area contributed by atoms with E-state index in [9.17, 15) is 0 Å². The Morgan fingerprint density at radius 2 is 2.05 bits per heavy atom. The SMILES string of the molecule is c1cnc2cc(C3(C4CC4)CCCCCN3)ccc2c1. The third-order valence-corrected chi connectivity index (χ3v) is 5.08. The molecule has 2 heteroatoms. The largest absolute Gasteiger partial charge is 0.307 e. The zero-order valence-electron chi connectivity index (χ0n) is 11.9. The van der Waals surface area contributed by atoms with Crippen molar-refractivity contribution in [2.45, 2.75) is 44.1 Å². The Kier molecular flexibility index (Phi) is 2.99. The molecule has 20 heavy (non-hydrogen) atoms. The normalized spacial score (nSPS) is 27.4. The van der Waals surface area contributed by atoms with Crippen LogP contribution in [-0.2, 0) is 5.54 Å². The second-order valence-corrected chi connectivity index (χ2v) is 6.39. The van der Waals surface area contributed by atoms with Crippen molar-refractivity contribution in [3.05, 3.63) is 42.1 Å². The number of aromatic nitrogens is 1. The van der Waals surface area contributed by atoms with E-state index in [2.05, 4.69) is 34.6 Å². The van der Waals surface area contributed by atoms with Gasteiger partial charge in [-0.1, -0.05) is 31.0 Å². The first-order chi connectivity index (χ1) is 9.88. The van der Waals surface area contributed by atoms with Gasteiger partial charge in [0.2, 0.25) is 0 Å². The molecule has 2 aliphatic rings. The van der Waals surface area contributed by atoms with E-state index in [1.165, 1.54) is 49.5 Å². The molecule has 1 aliphatic carbocycles. The maximum absolute atomic E-state index is 4.54. The van der Waals surface area contributed by atoms with Gasteiger partial charge in [0.05, 0.1) is 5.52 Å². The van der Waals surface area contributed by atoms with Crippen LogP contribution in [0, 0.1) is 5.92 Å². The summed E-state index contributed by atoms with van der Waals surface area (Å²) in [5.74, 6) is 0.835. The van der Waals surface area contributed by atoms with E-state index in [1.54, 1.807) is 0 Å². The zero-order chi connectivity index (χ0) is 13.4. The van der Waals surface area contributed by atoms with Crippen LogP contribution in [0.15, 0.2) is 36.5 Å². The number of rotatable bonds is 2. The van der Waals surface area contributed by atoms with E-state index in [1.807, 2.05) is 12.3 Å². The average Bonchev–Trinajstić information content (AvgIpc) is 3.33. The monoisotopic (exact) mass is 266 g/mol. The van der Waals surface area contributed by atoms with Gasteiger partial charge in [0.1, 0.15) is 0 Å². The van der Waals surface area contributed by atoms with Gasteiger partial charge in [-0.2, -0.15) is 0 Å². The molecule has 0 bridgehead atoms. The van der Waals surface area contributed by atoms with Crippen molar-refractivity contribution in [3.8, 4) is 0 Å². The lowest BCUT2D eigenvalue weighted by atomic mass is 9.81. The fraction of sp³-hybridized carbons (Fsp3) is 0.500. The summed E-state index contributed by atoms with van der Waals surface area (Å²) in [4.78, 5) is 4.54. The predicted octanol–water partition coefficient (Wildman–Crippen LogP) is 4.00. The van der Waals surface area contributed by atoms with Crippen LogP contribution in [0.4, 0.5) is 0 Å². The molecule has 2 aromatic rings. The Labute approximate surface area is 120 Å². The first-order valence-electron chi connectivity index (χ1n) is 7.99. The van der Waals surface area contributed by atoms with Crippen molar-refractivity contribution in [1.82, 2.24) is 10.3 Å². The summed E-state index contributed by atoms with van der Waals surface area (Å²) < 4.78 is 0. The van der Waals surface area contributed by atoms with Crippen LogP contribution in [0.5, 0.6) is 0 Å². The quantitative estimate of drug-likeness (QED) is 0.888. The number of nitrogens with zero attached hydrogens (tertiary/aromatic N) is 1. The van der Waals surface area contributed by atoms with E-state index < -0.39 is 0 Å². The zero-order valence-corrected chi connectivity index (χ0v) is 11.9. The Hall–Kier alpha value is -1.41. The molecule has 4 rings (SSSR count). The molecule has 0 radical (unpaired) electrons. The van der Waals surface area contributed by atoms with Gasteiger partial charge >= 0.3 is 0 Å². The summed E-state index contributed by atoms with van der Waals surface area (Å²) >= 11 is 0. The number of hydrogen-bond acceptors (Lipinski definition) is 2. The third-order valence-electron chi connectivity index (χ3n) is 5.08. The van der Waals surface area contributed by atoms with E-state index in [0.29, 0.717) is 0 Å². The van der Waals surface area contributed by atoms with E-state index in [4.69, 9.17) is 0 Å². The van der Waals surface area contributed by atoms with Gasteiger partial charge < -0.3 is 5.32 Å². The minimum atomic E-state index is 0.224. The molecule has 2 nitrogen and oxygen atoms in total. The summed E-state index contributed by atoms with van der Waals surface area (Å²) in [5.41, 5.74) is 2.83. The highest BCUT2D eigenvalue weighted by molar-refractivity contribution is 5.79. The minimum Gasteiger partial charge on any atom is -0.307 e. The first-order valence-corrected chi connectivity index (χ1v) is 7.99. The molecule has 1 aromatic heterocycles. The van der Waals surface area contributed by atoms with Crippen LogP contribution >= 0.6 is 0 Å². The molecule has 2 heterocycles. The number of benzene rings is 1. The van der Waals surface area contributed by atoms with Crippen molar-refractivity contribution < 1.29 is 0 Å². The lowest BCUT2D eigenvalue weighted by Gasteiger charge is -2.35. The molecule has 1 unspecified atom stereocenters. The molecule has 104 valence electrons. The number of nitrogens with one attached hydrogen (secondary N) is 1. The molecule has 1 aliphatic heterocycles. The molecule has 1 N–H and O–H groups in total. The van der Waals surface area contributed by atoms with Crippen LogP contribution < -0.4 is 5.32 Å². The van der Waals surface area contributed by atoms with Gasteiger partial charge in [-0.15, -0.1) is 0 Å². The Bertz CT molecular complexity index is 608. The Morgan fingerprint density at radius 1 is 1.10 bits per heavy atom. The first kappa shape index (κ1) is 12.3. The molecular formula is C18H22N2. The van der Waals surface area contributed by atoms with Crippen LogP contribution in [0.1, 0.15) is 44.1 Å². The standard InChI is InChI=1S/C18H22N2/c1-2-10-18(15-8-9-15,20-12-3-1)16-7-6-14-5-4-11-19-17(14)13-16/h4-7,11,13,15,20H,1-3,8-10,12H2. The van der Waals surface area contributed by atoms with Crippen LogP contribution in [-0.4, -0.2) is 11.5 Å². The van der Waals surface area contributed by atoms with Crippen LogP contribution in [0.2, 0.25) is 0 Å². The molecule has 1 atom stereocenters. The van der Waals surface area contributed by atoms with Crippen LogP contribution in [0.25, 0.3) is 10.9 Å². The molecule has 2 fully saturated rings. The topological polar surface area (TPSA) is 24.9 Å². The van der Waals surface area contributed by atoms with Gasteiger partial charge in [0.25, 0.3) is 0 Å². The average molecular weight is 266 g/mol. The van der Waals surface area contributed by atoms with Crippen molar-refractivity contribution in [2.75, 3.05) is 6.54 Å². The molecule has 0 spiro atoms. The van der Waals surface area contributed by atoms with Crippen LogP contribution in [0.3, 0.4) is 0 Å². The van der Waals surface area contributed by atoms with E-state index in [0.717, 1.165) is 18.0 Å². The van der Waals surface area contributed by atoms with Crippen molar-refractivity contribution in [3.63, 3.8) is 0 Å². The molecule has 0 amide bonds. The summed E-state index contributed by atoms with van der Waals surface area (Å²) in [7, 11) is 0. The molecule has 1 aromatic carbocycles. The summed E-state index contributed by atoms with van der Waals surface area (Å²) in [5, 5.41) is 5.16. The second kappa shape index (κ2) is 4.85. The molecule has 1 saturated carbocycles. The van der Waals surface area contributed by atoms with Crippen molar-refractivity contribution >= 4 is 10.9 Å². The van der Waals surface area contributed by atoms with Gasteiger partial charge in [-0.25, -0.2) is 0 Å². The highest BCUT2D eigenvalue weighted by Gasteiger charge is 2.46. The lowest BCUT2D eigenvalue weighted by molar-refractivity contribution is 0.279. The van der Waals surface area contributed by atoms with Gasteiger partial charge in [0, 0.05) is 17.1 Å². The summed E-state index contributed by atoms with van der Waals surface area (Å²) in [6.07, 6.45) is 9.99. The molecular weight excluding hydrogens is 244 g/mol. The maximum atomic E-state index is 4.54. The highest BCUT2D eigenvalue weighted by Crippen LogP contribution is 2.49. The van der Waals surface area contributed by atoms with E-state index in [-0.39, 0.29) is 5.54 Å². The van der Waals surface area contributed by atoms with Gasteiger partial charge in [0.15, 0.2) is 0 Å². The maximum Gasteiger partial charge on any atom is 0.0705 e. The summed E-state index contributed by atoms with van der Waals surface area (Å²) in [6, 6.07) is 11.1. The fourth-order valence-electron chi connectivity index (χ4n) is 3.86. The Morgan fingerprint density at radius 3 is 2.95 bits per heavy atom. The molecule has 1 saturated heterocycles.